The molecule has 2 aromatic rings. The lowest BCUT2D eigenvalue weighted by Crippen LogP contribution is -2.32. The van der Waals surface area contributed by atoms with Crippen molar-refractivity contribution in [2.45, 2.75) is 13.5 Å². The highest BCUT2D eigenvalue weighted by molar-refractivity contribution is 9.10. The Morgan fingerprint density at radius 2 is 2.10 bits per heavy atom. The van der Waals surface area contributed by atoms with Crippen LogP contribution < -0.4 is 9.64 Å². The first-order valence-corrected chi connectivity index (χ1v) is 7.32. The zero-order valence-electron chi connectivity index (χ0n) is 11.4. The number of ether oxygens (including phenoxy) is 1. The van der Waals surface area contributed by atoms with Gasteiger partial charge in [0.1, 0.15) is 11.6 Å². The summed E-state index contributed by atoms with van der Waals surface area (Å²) in [4.78, 5) is 13.9. The van der Waals surface area contributed by atoms with Gasteiger partial charge in [-0.2, -0.15) is 0 Å². The summed E-state index contributed by atoms with van der Waals surface area (Å²) < 4.78 is 20.2. The molecule has 0 unspecified atom stereocenters. The minimum Gasteiger partial charge on any atom is -0.483 e. The van der Waals surface area contributed by atoms with Gasteiger partial charge < -0.3 is 9.64 Å². The van der Waals surface area contributed by atoms with Crippen LogP contribution in [-0.2, 0) is 11.3 Å². The van der Waals surface area contributed by atoms with Crippen LogP contribution in [0, 0.1) is 12.7 Å². The van der Waals surface area contributed by atoms with Gasteiger partial charge in [0.2, 0.25) is 0 Å². The smallest absolute Gasteiger partial charge is 0.265 e. The van der Waals surface area contributed by atoms with E-state index < -0.39 is 0 Å². The number of amides is 1. The molecule has 1 amide bonds. The topological polar surface area (TPSA) is 29.5 Å². The normalized spacial score (nSPS) is 14.4. The van der Waals surface area contributed by atoms with Crippen molar-refractivity contribution in [3.8, 4) is 5.75 Å². The van der Waals surface area contributed by atoms with E-state index >= 15 is 0 Å². The first-order chi connectivity index (χ1) is 10.1. The first kappa shape index (κ1) is 14.1. The largest absolute Gasteiger partial charge is 0.483 e. The minimum atomic E-state index is -0.320. The van der Waals surface area contributed by atoms with E-state index in [0.717, 1.165) is 10.0 Å². The van der Waals surface area contributed by atoms with Gasteiger partial charge in [-0.15, -0.1) is 0 Å². The molecule has 5 heteroatoms. The van der Waals surface area contributed by atoms with Crippen LogP contribution in [-0.4, -0.2) is 12.5 Å². The third kappa shape index (κ3) is 2.65. The van der Waals surface area contributed by atoms with Crippen LogP contribution in [0.5, 0.6) is 5.75 Å². The lowest BCUT2D eigenvalue weighted by molar-refractivity contribution is -0.120. The highest BCUT2D eigenvalue weighted by Gasteiger charge is 2.24. The van der Waals surface area contributed by atoms with E-state index in [-0.39, 0.29) is 18.3 Å². The Kier molecular flexibility index (Phi) is 3.68. The molecular formula is C16H13BrFNO2. The summed E-state index contributed by atoms with van der Waals surface area (Å²) in [5.41, 5.74) is 1.93. The highest BCUT2D eigenvalue weighted by Crippen LogP contribution is 2.31. The summed E-state index contributed by atoms with van der Waals surface area (Å²) in [7, 11) is 0. The fourth-order valence-corrected chi connectivity index (χ4v) is 2.80. The predicted octanol–water partition coefficient (Wildman–Crippen LogP) is 3.82. The number of halogens is 2. The molecule has 0 bridgehead atoms. The Morgan fingerprint density at radius 3 is 2.90 bits per heavy atom. The maximum Gasteiger partial charge on any atom is 0.265 e. The van der Waals surface area contributed by atoms with E-state index in [9.17, 15) is 9.18 Å². The highest BCUT2D eigenvalue weighted by atomic mass is 79.9. The van der Waals surface area contributed by atoms with Crippen molar-refractivity contribution in [2.75, 3.05) is 11.5 Å². The van der Waals surface area contributed by atoms with Gasteiger partial charge in [0, 0.05) is 21.3 Å². The molecule has 2 aromatic carbocycles. The van der Waals surface area contributed by atoms with Gasteiger partial charge in [0.25, 0.3) is 5.91 Å². The maximum absolute atomic E-state index is 13.7. The Labute approximate surface area is 130 Å². The molecule has 0 aromatic heterocycles. The Hall–Kier alpha value is -1.88. The van der Waals surface area contributed by atoms with Crippen LogP contribution in [0.4, 0.5) is 10.1 Å². The van der Waals surface area contributed by atoms with Crippen LogP contribution in [0.2, 0.25) is 0 Å². The van der Waals surface area contributed by atoms with Crippen LogP contribution in [0.25, 0.3) is 0 Å². The zero-order chi connectivity index (χ0) is 15.0. The van der Waals surface area contributed by atoms with Crippen LogP contribution in [0.1, 0.15) is 11.1 Å². The quantitative estimate of drug-likeness (QED) is 0.783. The molecule has 1 heterocycles. The molecule has 1 aliphatic heterocycles. The van der Waals surface area contributed by atoms with Crippen molar-refractivity contribution in [2.24, 2.45) is 0 Å². The summed E-state index contributed by atoms with van der Waals surface area (Å²) in [5.74, 6) is 0.180. The van der Waals surface area contributed by atoms with E-state index in [2.05, 4.69) is 15.9 Å². The van der Waals surface area contributed by atoms with Crippen LogP contribution in [0.15, 0.2) is 40.9 Å². The number of fused-ring (bicyclic) bond motifs is 1. The van der Waals surface area contributed by atoms with Crippen LogP contribution in [0.3, 0.4) is 0 Å². The third-order valence-corrected chi connectivity index (χ3v) is 4.03. The van der Waals surface area contributed by atoms with Crippen molar-refractivity contribution in [3.05, 3.63) is 57.8 Å². The molecule has 0 fully saturated rings. The molecule has 3 nitrogen and oxygen atoms in total. The standard InChI is InChI=1S/C16H13BrFNO2/c1-10-13(18)3-2-4-14(10)19-8-11-7-12(17)5-6-15(11)21-9-16(19)20/h2-7H,8-9H2,1H3. The maximum atomic E-state index is 13.7. The number of rotatable bonds is 1. The summed E-state index contributed by atoms with van der Waals surface area (Å²) in [6.07, 6.45) is 0. The van der Waals surface area contributed by atoms with Gasteiger partial charge in [-0.1, -0.05) is 22.0 Å². The van der Waals surface area contributed by atoms with Crippen molar-refractivity contribution < 1.29 is 13.9 Å². The molecule has 0 radical (unpaired) electrons. The van der Waals surface area contributed by atoms with Gasteiger partial charge in [0.05, 0.1) is 6.54 Å². The van der Waals surface area contributed by atoms with Crippen molar-refractivity contribution in [1.29, 1.82) is 0 Å². The number of hydrogen-bond acceptors (Lipinski definition) is 2. The second-order valence-electron chi connectivity index (χ2n) is 4.90. The Morgan fingerprint density at radius 1 is 1.29 bits per heavy atom. The monoisotopic (exact) mass is 349 g/mol. The number of hydrogen-bond donors (Lipinski definition) is 0. The lowest BCUT2D eigenvalue weighted by atomic mass is 10.1. The van der Waals surface area contributed by atoms with Gasteiger partial charge in [-0.05, 0) is 37.3 Å². The molecule has 0 saturated heterocycles. The number of nitrogens with zero attached hydrogens (tertiary/aromatic N) is 1. The Bertz CT molecular complexity index is 717. The molecule has 21 heavy (non-hydrogen) atoms. The third-order valence-electron chi connectivity index (χ3n) is 3.53. The second kappa shape index (κ2) is 5.48. The number of benzene rings is 2. The van der Waals surface area contributed by atoms with Gasteiger partial charge in [0.15, 0.2) is 6.61 Å². The summed E-state index contributed by atoms with van der Waals surface area (Å²) in [6, 6.07) is 10.4. The van der Waals surface area contributed by atoms with E-state index in [0.29, 0.717) is 23.5 Å². The average Bonchev–Trinajstić information content (AvgIpc) is 2.61. The first-order valence-electron chi connectivity index (χ1n) is 6.53. The minimum absolute atomic E-state index is 0.0510. The van der Waals surface area contributed by atoms with Crippen molar-refractivity contribution in [1.82, 2.24) is 0 Å². The second-order valence-corrected chi connectivity index (χ2v) is 5.82. The molecule has 3 rings (SSSR count). The fourth-order valence-electron chi connectivity index (χ4n) is 2.40. The molecule has 0 saturated carbocycles. The summed E-state index contributed by atoms with van der Waals surface area (Å²) in [6.45, 7) is 1.98. The van der Waals surface area contributed by atoms with Crippen molar-refractivity contribution in [3.63, 3.8) is 0 Å². The van der Waals surface area contributed by atoms with Crippen LogP contribution >= 0.6 is 15.9 Å². The molecule has 0 atom stereocenters. The van der Waals surface area contributed by atoms with E-state index in [4.69, 9.17) is 4.74 Å². The molecule has 108 valence electrons. The van der Waals surface area contributed by atoms with Gasteiger partial charge in [-0.25, -0.2) is 4.39 Å². The predicted molar refractivity (Wildman–Crippen MR) is 82.0 cm³/mol. The lowest BCUT2D eigenvalue weighted by Gasteiger charge is -2.22. The Balaban J connectivity index is 2.05. The van der Waals surface area contributed by atoms with E-state index in [1.54, 1.807) is 24.0 Å². The SMILES string of the molecule is Cc1c(F)cccc1N1Cc2cc(Br)ccc2OCC1=O. The summed E-state index contributed by atoms with van der Waals surface area (Å²) >= 11 is 3.41. The van der Waals surface area contributed by atoms with E-state index in [1.165, 1.54) is 6.07 Å². The summed E-state index contributed by atoms with van der Waals surface area (Å²) in [5, 5.41) is 0. The fraction of sp³-hybridized carbons (Fsp3) is 0.188. The number of anilines is 1. The molecule has 0 N–H and O–H groups in total. The molecule has 0 spiro atoms. The van der Waals surface area contributed by atoms with Gasteiger partial charge >= 0.3 is 0 Å². The molecule has 0 aliphatic carbocycles. The number of carbonyl (C=O) groups is 1. The molecule has 1 aliphatic rings. The number of carbonyl (C=O) groups excluding carboxylic acids is 1. The van der Waals surface area contributed by atoms with Gasteiger partial charge in [-0.3, -0.25) is 4.79 Å². The average molecular weight is 350 g/mol. The van der Waals surface area contributed by atoms with E-state index in [1.807, 2.05) is 18.2 Å². The van der Waals surface area contributed by atoms with Crippen molar-refractivity contribution >= 4 is 27.5 Å². The zero-order valence-corrected chi connectivity index (χ0v) is 13.0. The molecular weight excluding hydrogens is 337 g/mol.